The molecule has 5 heteroatoms. The van der Waals surface area contributed by atoms with Crippen LogP contribution < -0.4 is 0 Å². The number of nitrogens with zero attached hydrogens (tertiary/aromatic N) is 1. The van der Waals surface area contributed by atoms with Gasteiger partial charge in [0, 0.05) is 18.7 Å². The third kappa shape index (κ3) is 6.63. The van der Waals surface area contributed by atoms with Gasteiger partial charge in [0.2, 0.25) is 0 Å². The van der Waals surface area contributed by atoms with E-state index >= 15 is 0 Å². The molecule has 0 N–H and O–H groups in total. The Morgan fingerprint density at radius 3 is 2.30 bits per heavy atom. The maximum absolute atomic E-state index is 12.7. The van der Waals surface area contributed by atoms with E-state index in [9.17, 15) is 18.0 Å². The van der Waals surface area contributed by atoms with Gasteiger partial charge in [0.25, 0.3) is 5.91 Å². The second-order valence-electron chi connectivity index (χ2n) is 5.73. The van der Waals surface area contributed by atoms with E-state index in [1.54, 1.807) is 4.90 Å². The van der Waals surface area contributed by atoms with Crippen molar-refractivity contribution in [3.05, 3.63) is 35.4 Å². The van der Waals surface area contributed by atoms with Gasteiger partial charge in [0.15, 0.2) is 0 Å². The highest BCUT2D eigenvalue weighted by molar-refractivity contribution is 5.94. The molecule has 1 rings (SSSR count). The fourth-order valence-corrected chi connectivity index (χ4v) is 2.50. The summed E-state index contributed by atoms with van der Waals surface area (Å²) >= 11 is 0. The molecule has 1 amide bonds. The average Bonchev–Trinajstić information content (AvgIpc) is 2.53. The monoisotopic (exact) mass is 329 g/mol. The topological polar surface area (TPSA) is 20.3 Å². The summed E-state index contributed by atoms with van der Waals surface area (Å²) in [5.41, 5.74) is -0.674. The molecular weight excluding hydrogens is 303 g/mol. The van der Waals surface area contributed by atoms with Crippen LogP contribution in [0.4, 0.5) is 13.2 Å². The van der Waals surface area contributed by atoms with Gasteiger partial charge in [-0.05, 0) is 31.5 Å². The Labute approximate surface area is 136 Å². The van der Waals surface area contributed by atoms with Gasteiger partial charge >= 0.3 is 6.18 Å². The van der Waals surface area contributed by atoms with Crippen molar-refractivity contribution in [3.63, 3.8) is 0 Å². The standard InChI is InChI=1S/C18H26F3NO/c1-3-5-6-7-8-9-13-22(4-2)17(23)15-11-10-12-16(14-15)18(19,20)21/h10-12,14H,3-9,13H2,1-2H3. The second-order valence-corrected chi connectivity index (χ2v) is 5.73. The number of benzene rings is 1. The van der Waals surface area contributed by atoms with Crippen molar-refractivity contribution in [2.75, 3.05) is 13.1 Å². The molecule has 0 atom stereocenters. The molecule has 0 fully saturated rings. The summed E-state index contributed by atoms with van der Waals surface area (Å²) in [6, 6.07) is 4.66. The molecule has 0 heterocycles. The molecule has 0 unspecified atom stereocenters. The fraction of sp³-hybridized carbons (Fsp3) is 0.611. The minimum atomic E-state index is -4.42. The van der Waals surface area contributed by atoms with Crippen LogP contribution in [0, 0.1) is 0 Å². The van der Waals surface area contributed by atoms with E-state index in [1.165, 1.54) is 31.4 Å². The van der Waals surface area contributed by atoms with Gasteiger partial charge in [0.05, 0.1) is 5.56 Å². The molecule has 2 nitrogen and oxygen atoms in total. The Morgan fingerprint density at radius 1 is 1.04 bits per heavy atom. The number of alkyl halides is 3. The summed E-state index contributed by atoms with van der Waals surface area (Å²) in [6.45, 7) is 5.11. The first-order valence-electron chi connectivity index (χ1n) is 8.36. The summed E-state index contributed by atoms with van der Waals surface area (Å²) in [6.07, 6.45) is 2.27. The van der Waals surface area contributed by atoms with Gasteiger partial charge in [-0.3, -0.25) is 4.79 Å². The summed E-state index contributed by atoms with van der Waals surface area (Å²) in [7, 11) is 0. The number of hydrogen-bond donors (Lipinski definition) is 0. The largest absolute Gasteiger partial charge is 0.416 e. The summed E-state index contributed by atoms with van der Waals surface area (Å²) in [5.74, 6) is -0.327. The Bertz CT molecular complexity index is 485. The van der Waals surface area contributed by atoms with Gasteiger partial charge in [-0.25, -0.2) is 0 Å². The van der Waals surface area contributed by atoms with Gasteiger partial charge in [-0.15, -0.1) is 0 Å². The molecule has 0 aliphatic rings. The zero-order valence-corrected chi connectivity index (χ0v) is 14.0. The molecule has 0 radical (unpaired) electrons. The lowest BCUT2D eigenvalue weighted by molar-refractivity contribution is -0.137. The first kappa shape index (κ1) is 19.5. The molecule has 0 aliphatic heterocycles. The van der Waals surface area contributed by atoms with Crippen LogP contribution in [-0.2, 0) is 6.18 Å². The van der Waals surface area contributed by atoms with E-state index in [0.717, 1.165) is 31.4 Å². The quantitative estimate of drug-likeness (QED) is 0.546. The number of unbranched alkanes of at least 4 members (excludes halogenated alkanes) is 5. The molecule has 23 heavy (non-hydrogen) atoms. The number of amides is 1. The first-order valence-corrected chi connectivity index (χ1v) is 8.36. The minimum Gasteiger partial charge on any atom is -0.339 e. The van der Waals surface area contributed by atoms with Crippen LogP contribution in [-0.4, -0.2) is 23.9 Å². The molecular formula is C18H26F3NO. The molecule has 1 aromatic rings. The van der Waals surface area contributed by atoms with Crippen LogP contribution in [0.1, 0.15) is 68.3 Å². The van der Waals surface area contributed by atoms with Crippen molar-refractivity contribution in [2.24, 2.45) is 0 Å². The van der Waals surface area contributed by atoms with Crippen LogP contribution in [0.25, 0.3) is 0 Å². The van der Waals surface area contributed by atoms with Crippen LogP contribution in [0.15, 0.2) is 24.3 Å². The zero-order chi connectivity index (χ0) is 17.3. The normalized spacial score (nSPS) is 11.5. The van der Waals surface area contributed by atoms with E-state index in [0.29, 0.717) is 13.1 Å². The molecule has 0 saturated carbocycles. The highest BCUT2D eigenvalue weighted by Gasteiger charge is 2.31. The number of rotatable bonds is 9. The SMILES string of the molecule is CCCCCCCCN(CC)C(=O)c1cccc(C(F)(F)F)c1. The van der Waals surface area contributed by atoms with Crippen molar-refractivity contribution < 1.29 is 18.0 Å². The number of carbonyl (C=O) groups excluding carboxylic acids is 1. The maximum Gasteiger partial charge on any atom is 0.416 e. The molecule has 0 spiro atoms. The fourth-order valence-electron chi connectivity index (χ4n) is 2.50. The van der Waals surface area contributed by atoms with Crippen LogP contribution in [0.5, 0.6) is 0 Å². The number of carbonyl (C=O) groups is 1. The molecule has 0 bridgehead atoms. The van der Waals surface area contributed by atoms with E-state index < -0.39 is 11.7 Å². The summed E-state index contributed by atoms with van der Waals surface area (Å²) in [5, 5.41) is 0. The minimum absolute atomic E-state index is 0.104. The lowest BCUT2D eigenvalue weighted by atomic mass is 10.1. The average molecular weight is 329 g/mol. The Hall–Kier alpha value is -1.52. The molecule has 0 saturated heterocycles. The van der Waals surface area contributed by atoms with Crippen LogP contribution in [0.2, 0.25) is 0 Å². The molecule has 1 aromatic carbocycles. The molecule has 0 aromatic heterocycles. The van der Waals surface area contributed by atoms with Crippen molar-refractivity contribution in [1.29, 1.82) is 0 Å². The smallest absolute Gasteiger partial charge is 0.339 e. The van der Waals surface area contributed by atoms with Crippen LogP contribution in [0.3, 0.4) is 0 Å². The van der Waals surface area contributed by atoms with Crippen molar-refractivity contribution in [2.45, 2.75) is 58.5 Å². The van der Waals surface area contributed by atoms with E-state index in [4.69, 9.17) is 0 Å². The van der Waals surface area contributed by atoms with Gasteiger partial charge in [-0.1, -0.05) is 45.1 Å². The number of hydrogen-bond acceptors (Lipinski definition) is 1. The first-order chi connectivity index (χ1) is 10.9. The predicted molar refractivity (Wildman–Crippen MR) is 86.4 cm³/mol. The van der Waals surface area contributed by atoms with E-state index in [1.807, 2.05) is 6.92 Å². The Morgan fingerprint density at radius 2 is 1.70 bits per heavy atom. The number of halogens is 3. The van der Waals surface area contributed by atoms with Crippen molar-refractivity contribution in [3.8, 4) is 0 Å². The zero-order valence-electron chi connectivity index (χ0n) is 14.0. The van der Waals surface area contributed by atoms with Crippen molar-refractivity contribution >= 4 is 5.91 Å². The molecule has 0 aliphatic carbocycles. The Kier molecular flexibility index (Phi) is 8.13. The Balaban J connectivity index is 2.59. The third-order valence-corrected chi connectivity index (χ3v) is 3.89. The van der Waals surface area contributed by atoms with E-state index in [2.05, 4.69) is 6.92 Å². The highest BCUT2D eigenvalue weighted by Crippen LogP contribution is 2.29. The van der Waals surface area contributed by atoms with Gasteiger partial charge in [-0.2, -0.15) is 13.2 Å². The lowest BCUT2D eigenvalue weighted by Crippen LogP contribution is -2.32. The predicted octanol–water partition coefficient (Wildman–Crippen LogP) is 5.53. The second kappa shape index (κ2) is 9.58. The lowest BCUT2D eigenvalue weighted by Gasteiger charge is -2.21. The summed E-state index contributed by atoms with van der Waals surface area (Å²) in [4.78, 5) is 14.0. The highest BCUT2D eigenvalue weighted by atomic mass is 19.4. The van der Waals surface area contributed by atoms with E-state index in [-0.39, 0.29) is 11.5 Å². The van der Waals surface area contributed by atoms with Gasteiger partial charge < -0.3 is 4.90 Å². The summed E-state index contributed by atoms with van der Waals surface area (Å²) < 4.78 is 38.2. The van der Waals surface area contributed by atoms with Crippen LogP contribution >= 0.6 is 0 Å². The maximum atomic E-state index is 12.7. The van der Waals surface area contributed by atoms with Gasteiger partial charge in [0.1, 0.15) is 0 Å². The molecule has 130 valence electrons. The van der Waals surface area contributed by atoms with Crippen molar-refractivity contribution in [1.82, 2.24) is 4.90 Å². The third-order valence-electron chi connectivity index (χ3n) is 3.89.